The summed E-state index contributed by atoms with van der Waals surface area (Å²) in [6, 6.07) is 8.46. The van der Waals surface area contributed by atoms with Crippen molar-refractivity contribution in [2.24, 2.45) is 0 Å². The van der Waals surface area contributed by atoms with Crippen molar-refractivity contribution in [3.63, 3.8) is 0 Å². The summed E-state index contributed by atoms with van der Waals surface area (Å²) in [7, 11) is 1.41. The Morgan fingerprint density at radius 2 is 1.90 bits per heavy atom. The van der Waals surface area contributed by atoms with Crippen molar-refractivity contribution in [2.45, 2.75) is 18.6 Å². The zero-order chi connectivity index (χ0) is 21.8. The highest BCUT2D eigenvalue weighted by Gasteiger charge is 2.54. The van der Waals surface area contributed by atoms with Crippen LogP contribution in [-0.2, 0) is 16.5 Å². The molecule has 10 heteroatoms. The number of fused-ring (bicyclic) bond motifs is 1. The molecule has 0 radical (unpaired) electrons. The van der Waals surface area contributed by atoms with Crippen LogP contribution in [0.2, 0.25) is 0 Å². The van der Waals surface area contributed by atoms with Crippen molar-refractivity contribution < 1.29 is 22.8 Å². The number of H-pyrrole nitrogens is 1. The largest absolute Gasteiger partial charge is 0.417 e. The van der Waals surface area contributed by atoms with Crippen molar-refractivity contribution in [1.29, 1.82) is 5.26 Å². The predicted molar refractivity (Wildman–Crippen MR) is 100 cm³/mol. The number of anilines is 1. The van der Waals surface area contributed by atoms with Crippen LogP contribution in [0, 0.1) is 11.3 Å². The number of amides is 3. The molecule has 7 nitrogen and oxygen atoms in total. The van der Waals surface area contributed by atoms with Gasteiger partial charge in [0, 0.05) is 7.05 Å². The van der Waals surface area contributed by atoms with E-state index in [1.807, 2.05) is 0 Å². The first-order chi connectivity index (χ1) is 14.1. The van der Waals surface area contributed by atoms with Gasteiger partial charge in [0.25, 0.3) is 5.91 Å². The van der Waals surface area contributed by atoms with E-state index in [9.17, 15) is 22.8 Å². The number of nitrogens with one attached hydrogen (secondary N) is 1. The molecule has 1 aliphatic heterocycles. The molecule has 3 aromatic rings. The average molecular weight is 413 g/mol. The second-order valence-electron chi connectivity index (χ2n) is 7.03. The number of hydrogen-bond acceptors (Lipinski definition) is 4. The van der Waals surface area contributed by atoms with Crippen LogP contribution in [0.25, 0.3) is 11.0 Å². The third kappa shape index (κ3) is 2.62. The number of urea groups is 1. The number of likely N-dealkylation sites (N-methyl/N-ethyl adjacent to an activating group) is 1. The van der Waals surface area contributed by atoms with E-state index in [-0.39, 0.29) is 5.69 Å². The van der Waals surface area contributed by atoms with Gasteiger partial charge >= 0.3 is 12.2 Å². The van der Waals surface area contributed by atoms with Crippen LogP contribution in [-0.4, -0.2) is 33.9 Å². The molecular formula is C20H14F3N5O2. The van der Waals surface area contributed by atoms with Gasteiger partial charge in [-0.25, -0.2) is 14.7 Å². The van der Waals surface area contributed by atoms with E-state index in [0.717, 1.165) is 12.1 Å². The third-order valence-electron chi connectivity index (χ3n) is 5.44. The first kappa shape index (κ1) is 19.4. The summed E-state index contributed by atoms with van der Waals surface area (Å²) in [4.78, 5) is 35.1. The molecule has 152 valence electrons. The van der Waals surface area contributed by atoms with Gasteiger partial charge in [0.1, 0.15) is 5.54 Å². The maximum atomic E-state index is 13.3. The fourth-order valence-electron chi connectivity index (χ4n) is 3.58. The van der Waals surface area contributed by atoms with E-state index in [1.54, 1.807) is 18.2 Å². The Labute approximate surface area is 168 Å². The zero-order valence-corrected chi connectivity index (χ0v) is 15.8. The molecular weight excluding hydrogens is 399 g/mol. The number of hydrogen-bond donors (Lipinski definition) is 1. The standard InChI is InChI=1S/C20H14F3N5O2/c1-19(12-4-6-15-16(7-12)26-10-25-15)17(29)28(18(30)27(19)2)13-5-3-11(9-24)14(8-13)20(21,22)23/h3-8,10H,1-2H3,(H,25,26). The Morgan fingerprint density at radius 3 is 2.57 bits per heavy atom. The molecule has 1 saturated heterocycles. The summed E-state index contributed by atoms with van der Waals surface area (Å²) in [5.41, 5.74) is -1.70. The van der Waals surface area contributed by atoms with Crippen molar-refractivity contribution in [3.8, 4) is 6.07 Å². The monoisotopic (exact) mass is 413 g/mol. The van der Waals surface area contributed by atoms with Gasteiger partial charge in [-0.05, 0) is 42.8 Å². The van der Waals surface area contributed by atoms with Gasteiger partial charge in [0.05, 0.1) is 40.2 Å². The van der Waals surface area contributed by atoms with Crippen LogP contribution < -0.4 is 4.90 Å². The number of imidazole rings is 1. The Balaban J connectivity index is 1.83. The fraction of sp³-hybridized carbons (Fsp3) is 0.200. The Morgan fingerprint density at radius 1 is 1.17 bits per heavy atom. The van der Waals surface area contributed by atoms with Crippen LogP contribution in [0.15, 0.2) is 42.7 Å². The number of nitrogens with zero attached hydrogens (tertiary/aromatic N) is 4. The Hall–Kier alpha value is -3.87. The van der Waals surface area contributed by atoms with E-state index in [0.29, 0.717) is 27.6 Å². The van der Waals surface area contributed by atoms with Crippen molar-refractivity contribution >= 4 is 28.7 Å². The number of carbonyl (C=O) groups is 2. The minimum absolute atomic E-state index is 0.255. The normalized spacial score (nSPS) is 19.6. The van der Waals surface area contributed by atoms with E-state index in [4.69, 9.17) is 5.26 Å². The van der Waals surface area contributed by atoms with Crippen LogP contribution in [0.4, 0.5) is 23.7 Å². The lowest BCUT2D eigenvalue weighted by atomic mass is 9.90. The SMILES string of the molecule is CN1C(=O)N(c2ccc(C#N)c(C(F)(F)F)c2)C(=O)C1(C)c1ccc2nc[nH]c2c1. The number of aromatic amines is 1. The number of imide groups is 1. The van der Waals surface area contributed by atoms with Gasteiger partial charge in [-0.15, -0.1) is 0 Å². The average Bonchev–Trinajstić information content (AvgIpc) is 3.25. The lowest BCUT2D eigenvalue weighted by molar-refractivity contribution is -0.137. The molecule has 2 heterocycles. The molecule has 0 aliphatic carbocycles. The minimum atomic E-state index is -4.81. The van der Waals surface area contributed by atoms with E-state index in [2.05, 4.69) is 9.97 Å². The summed E-state index contributed by atoms with van der Waals surface area (Å²) in [5.74, 6) is -0.702. The van der Waals surface area contributed by atoms with Crippen LogP contribution >= 0.6 is 0 Å². The summed E-state index contributed by atoms with van der Waals surface area (Å²) < 4.78 is 40.0. The molecule has 0 spiro atoms. The molecule has 1 aliphatic rings. The molecule has 1 unspecified atom stereocenters. The highest BCUT2D eigenvalue weighted by atomic mass is 19.4. The molecule has 3 amide bonds. The first-order valence-corrected chi connectivity index (χ1v) is 8.76. The number of rotatable bonds is 2. The van der Waals surface area contributed by atoms with Gasteiger partial charge in [-0.2, -0.15) is 18.4 Å². The molecule has 1 atom stereocenters. The van der Waals surface area contributed by atoms with Crippen molar-refractivity contribution in [1.82, 2.24) is 14.9 Å². The highest BCUT2D eigenvalue weighted by Crippen LogP contribution is 2.41. The summed E-state index contributed by atoms with van der Waals surface area (Å²) in [6.07, 6.45) is -3.32. The fourth-order valence-corrected chi connectivity index (χ4v) is 3.58. The highest BCUT2D eigenvalue weighted by molar-refractivity contribution is 6.23. The van der Waals surface area contributed by atoms with Gasteiger partial charge < -0.3 is 9.88 Å². The Bertz CT molecular complexity index is 1240. The third-order valence-corrected chi connectivity index (χ3v) is 5.44. The zero-order valence-electron chi connectivity index (χ0n) is 15.8. The lowest BCUT2D eigenvalue weighted by Crippen LogP contribution is -2.42. The van der Waals surface area contributed by atoms with Gasteiger partial charge in [0.15, 0.2) is 0 Å². The quantitative estimate of drug-likeness (QED) is 0.648. The second kappa shape index (κ2) is 6.32. The second-order valence-corrected chi connectivity index (χ2v) is 7.03. The molecule has 1 aromatic heterocycles. The van der Waals surface area contributed by atoms with E-state index < -0.39 is 34.8 Å². The molecule has 0 saturated carbocycles. The lowest BCUT2D eigenvalue weighted by Gasteiger charge is -2.28. The summed E-state index contributed by atoms with van der Waals surface area (Å²) in [6.45, 7) is 1.53. The number of halogens is 3. The van der Waals surface area contributed by atoms with Crippen molar-refractivity contribution in [3.05, 3.63) is 59.4 Å². The minimum Gasteiger partial charge on any atom is -0.345 e. The summed E-state index contributed by atoms with van der Waals surface area (Å²) >= 11 is 0. The molecule has 1 fully saturated rings. The van der Waals surface area contributed by atoms with E-state index in [1.165, 1.54) is 31.3 Å². The van der Waals surface area contributed by atoms with Gasteiger partial charge in [0.2, 0.25) is 0 Å². The molecule has 1 N–H and O–H groups in total. The predicted octanol–water partition coefficient (Wildman–Crippen LogP) is 3.77. The number of carbonyl (C=O) groups excluding carboxylic acids is 2. The van der Waals surface area contributed by atoms with Crippen molar-refractivity contribution in [2.75, 3.05) is 11.9 Å². The first-order valence-electron chi connectivity index (χ1n) is 8.76. The topological polar surface area (TPSA) is 93.1 Å². The maximum Gasteiger partial charge on any atom is 0.417 e. The van der Waals surface area contributed by atoms with E-state index >= 15 is 0 Å². The maximum absolute atomic E-state index is 13.3. The smallest absolute Gasteiger partial charge is 0.345 e. The molecule has 0 bridgehead atoms. The van der Waals surface area contributed by atoms with Crippen LogP contribution in [0.3, 0.4) is 0 Å². The Kier molecular flexibility index (Phi) is 4.09. The van der Waals surface area contributed by atoms with Crippen LogP contribution in [0.5, 0.6) is 0 Å². The van der Waals surface area contributed by atoms with Crippen LogP contribution in [0.1, 0.15) is 23.6 Å². The number of alkyl halides is 3. The van der Waals surface area contributed by atoms with Gasteiger partial charge in [-0.3, -0.25) is 4.79 Å². The summed E-state index contributed by atoms with van der Waals surface area (Å²) in [5, 5.41) is 8.97. The van der Waals surface area contributed by atoms with Gasteiger partial charge in [-0.1, -0.05) is 6.07 Å². The molecule has 4 rings (SSSR count). The molecule has 30 heavy (non-hydrogen) atoms. The number of nitriles is 1. The molecule has 2 aromatic carbocycles. The number of aromatic nitrogens is 2. The number of benzene rings is 2.